The molecule has 1 aromatic carbocycles. The van der Waals surface area contributed by atoms with Crippen molar-refractivity contribution in [3.8, 4) is 6.07 Å². The Bertz CT molecular complexity index is 1180. The summed E-state index contributed by atoms with van der Waals surface area (Å²) >= 11 is 6.07. The lowest BCUT2D eigenvalue weighted by Crippen LogP contribution is -2.57. The Morgan fingerprint density at radius 3 is 2.45 bits per heavy atom. The summed E-state index contributed by atoms with van der Waals surface area (Å²) in [6, 6.07) is 8.51. The standard InChI is InChI=1S/C26H34ClN5O5S/c27-21-9-7-19(8-10-21)24(23-6-3-13-37-23)29-25(33)22-5-2-12-32(22)26(34)20-4-1-11-30(17-20)38(35,36)31-15-18(14-28)16-31/h7-10,18,20,22-24H,1-6,11-13,15-17H2,(H,29,33)/t20-,22+,23-,24+/m0/s1. The van der Waals surface area contributed by atoms with Gasteiger partial charge in [-0.15, -0.1) is 0 Å². The molecule has 38 heavy (non-hydrogen) atoms. The molecule has 1 N–H and O–H groups in total. The SMILES string of the molecule is N#CC1CN(S(=O)(=O)N2CCC[C@H](C(=O)N3CCC[C@@H]3C(=O)N[C@H](c3ccc(Cl)cc3)[C@@H]3CCCO3)C2)C1. The molecule has 0 spiro atoms. The first-order valence-corrected chi connectivity index (χ1v) is 15.2. The van der Waals surface area contributed by atoms with Crippen molar-refractivity contribution >= 4 is 33.6 Å². The Labute approximate surface area is 229 Å². The third kappa shape index (κ3) is 5.56. The van der Waals surface area contributed by atoms with Gasteiger partial charge in [-0.2, -0.15) is 22.3 Å². The molecule has 4 aliphatic rings. The average Bonchev–Trinajstić information content (AvgIpc) is 3.59. The number of likely N-dealkylation sites (tertiary alicyclic amines) is 1. The summed E-state index contributed by atoms with van der Waals surface area (Å²) in [6.45, 7) is 1.97. The van der Waals surface area contributed by atoms with E-state index in [2.05, 4.69) is 11.4 Å². The summed E-state index contributed by atoms with van der Waals surface area (Å²) < 4.78 is 34.6. The molecule has 1 aromatic rings. The van der Waals surface area contributed by atoms with Crippen molar-refractivity contribution in [3.63, 3.8) is 0 Å². The van der Waals surface area contributed by atoms with Crippen LogP contribution in [0.1, 0.15) is 50.1 Å². The van der Waals surface area contributed by atoms with E-state index in [0.717, 1.165) is 18.4 Å². The van der Waals surface area contributed by atoms with Crippen molar-refractivity contribution in [1.29, 1.82) is 5.26 Å². The van der Waals surface area contributed by atoms with Crippen molar-refractivity contribution in [1.82, 2.24) is 18.8 Å². The molecule has 0 bridgehead atoms. The van der Waals surface area contributed by atoms with E-state index < -0.39 is 22.2 Å². The lowest BCUT2D eigenvalue weighted by molar-refractivity contribution is -0.143. The number of carbonyl (C=O) groups excluding carboxylic acids is 2. The van der Waals surface area contributed by atoms with Gasteiger partial charge in [-0.3, -0.25) is 9.59 Å². The van der Waals surface area contributed by atoms with Crippen LogP contribution in [-0.4, -0.2) is 85.2 Å². The van der Waals surface area contributed by atoms with Crippen LogP contribution in [0.15, 0.2) is 24.3 Å². The number of hydrogen-bond acceptors (Lipinski definition) is 6. The van der Waals surface area contributed by atoms with Gasteiger partial charge in [-0.25, -0.2) is 0 Å². The minimum Gasteiger partial charge on any atom is -0.376 e. The molecule has 0 aromatic heterocycles. The number of nitrogens with zero attached hydrogens (tertiary/aromatic N) is 4. The van der Waals surface area contributed by atoms with Gasteiger partial charge < -0.3 is 15.0 Å². The summed E-state index contributed by atoms with van der Waals surface area (Å²) in [7, 11) is -3.71. The number of hydrogen-bond donors (Lipinski definition) is 1. The molecule has 5 rings (SSSR count). The zero-order chi connectivity index (χ0) is 26.9. The molecule has 12 heteroatoms. The van der Waals surface area contributed by atoms with Gasteiger partial charge in [-0.05, 0) is 56.2 Å². The van der Waals surface area contributed by atoms with Crippen molar-refractivity contribution in [2.45, 2.75) is 56.7 Å². The van der Waals surface area contributed by atoms with Crippen LogP contribution in [0.25, 0.3) is 0 Å². The number of amides is 2. The molecule has 0 saturated carbocycles. The fourth-order valence-corrected chi connectivity index (χ4v) is 7.86. The second-order valence-corrected chi connectivity index (χ2v) is 13.0. The number of nitriles is 1. The molecule has 0 unspecified atom stereocenters. The summed E-state index contributed by atoms with van der Waals surface area (Å²) in [5.74, 6) is -1.15. The lowest BCUT2D eigenvalue weighted by atomic mass is 9.97. The minimum absolute atomic E-state index is 0.100. The Morgan fingerprint density at radius 2 is 1.76 bits per heavy atom. The first-order chi connectivity index (χ1) is 18.3. The van der Waals surface area contributed by atoms with E-state index in [4.69, 9.17) is 21.6 Å². The molecule has 0 radical (unpaired) electrons. The molecule has 4 aliphatic heterocycles. The number of rotatable bonds is 7. The average molecular weight is 564 g/mol. The molecule has 0 aliphatic carbocycles. The normalized spacial score (nSPS) is 28.0. The van der Waals surface area contributed by atoms with E-state index in [1.165, 1.54) is 8.61 Å². The van der Waals surface area contributed by atoms with Gasteiger partial charge in [0.2, 0.25) is 11.8 Å². The maximum absolute atomic E-state index is 13.6. The fourth-order valence-electron chi connectivity index (χ4n) is 5.94. The predicted molar refractivity (Wildman–Crippen MR) is 140 cm³/mol. The van der Waals surface area contributed by atoms with E-state index in [1.807, 2.05) is 12.1 Å². The topological polar surface area (TPSA) is 123 Å². The third-order valence-electron chi connectivity index (χ3n) is 8.12. The van der Waals surface area contributed by atoms with E-state index in [9.17, 15) is 18.0 Å². The molecule has 4 atom stereocenters. The van der Waals surface area contributed by atoms with Crippen LogP contribution >= 0.6 is 11.6 Å². The largest absolute Gasteiger partial charge is 0.376 e. The highest BCUT2D eigenvalue weighted by atomic mass is 35.5. The zero-order valence-corrected chi connectivity index (χ0v) is 22.9. The molecule has 4 heterocycles. The summed E-state index contributed by atoms with van der Waals surface area (Å²) in [5, 5.41) is 12.8. The fraction of sp³-hybridized carbons (Fsp3) is 0.654. The molecule has 4 saturated heterocycles. The van der Waals surface area contributed by atoms with Gasteiger partial charge in [0.05, 0.1) is 30.1 Å². The molecule has 10 nitrogen and oxygen atoms in total. The molecular formula is C26H34ClN5O5S. The number of benzene rings is 1. The second kappa shape index (κ2) is 11.5. The van der Waals surface area contributed by atoms with Crippen LogP contribution in [-0.2, 0) is 24.5 Å². The van der Waals surface area contributed by atoms with E-state index in [-0.39, 0.29) is 49.5 Å². The van der Waals surface area contributed by atoms with Crippen molar-refractivity contribution in [3.05, 3.63) is 34.9 Å². The first-order valence-electron chi connectivity index (χ1n) is 13.4. The van der Waals surface area contributed by atoms with Crippen molar-refractivity contribution < 1.29 is 22.7 Å². The van der Waals surface area contributed by atoms with Crippen LogP contribution in [0.2, 0.25) is 5.02 Å². The minimum atomic E-state index is -3.71. The summed E-state index contributed by atoms with van der Waals surface area (Å²) in [5.41, 5.74) is 0.906. The smallest absolute Gasteiger partial charge is 0.282 e. The summed E-state index contributed by atoms with van der Waals surface area (Å²) in [4.78, 5) is 28.8. The zero-order valence-electron chi connectivity index (χ0n) is 21.3. The Morgan fingerprint density at radius 1 is 1.03 bits per heavy atom. The number of halogens is 1. The highest BCUT2D eigenvalue weighted by molar-refractivity contribution is 7.86. The molecule has 4 fully saturated rings. The van der Waals surface area contributed by atoms with Gasteiger partial charge in [-0.1, -0.05) is 23.7 Å². The highest BCUT2D eigenvalue weighted by Crippen LogP contribution is 2.31. The van der Waals surface area contributed by atoms with Gasteiger partial charge in [0.25, 0.3) is 10.2 Å². The monoisotopic (exact) mass is 563 g/mol. The van der Waals surface area contributed by atoms with Crippen LogP contribution in [0.3, 0.4) is 0 Å². The van der Waals surface area contributed by atoms with Crippen LogP contribution in [0, 0.1) is 23.2 Å². The lowest BCUT2D eigenvalue weighted by Gasteiger charge is -2.41. The Balaban J connectivity index is 1.25. The Hall–Kier alpha value is -2.23. The van der Waals surface area contributed by atoms with Crippen LogP contribution in [0.5, 0.6) is 0 Å². The van der Waals surface area contributed by atoms with Gasteiger partial charge >= 0.3 is 0 Å². The highest BCUT2D eigenvalue weighted by Gasteiger charge is 2.44. The third-order valence-corrected chi connectivity index (χ3v) is 10.3. The van der Waals surface area contributed by atoms with Crippen LogP contribution in [0.4, 0.5) is 0 Å². The maximum atomic E-state index is 13.6. The van der Waals surface area contributed by atoms with Gasteiger partial charge in [0.1, 0.15) is 6.04 Å². The predicted octanol–water partition coefficient (Wildman–Crippen LogP) is 2.08. The quantitative estimate of drug-likeness (QED) is 0.542. The van der Waals surface area contributed by atoms with Gasteiger partial charge in [0, 0.05) is 44.4 Å². The van der Waals surface area contributed by atoms with Crippen molar-refractivity contribution in [2.24, 2.45) is 11.8 Å². The first kappa shape index (κ1) is 27.3. The van der Waals surface area contributed by atoms with E-state index in [1.54, 1.807) is 17.0 Å². The number of carbonyl (C=O) groups is 2. The van der Waals surface area contributed by atoms with E-state index >= 15 is 0 Å². The number of nitrogens with one attached hydrogen (secondary N) is 1. The second-order valence-electron chi connectivity index (χ2n) is 10.6. The number of ether oxygens (including phenoxy) is 1. The maximum Gasteiger partial charge on any atom is 0.282 e. The molecular weight excluding hydrogens is 530 g/mol. The van der Waals surface area contributed by atoms with Crippen molar-refractivity contribution in [2.75, 3.05) is 39.3 Å². The van der Waals surface area contributed by atoms with Gasteiger partial charge in [0.15, 0.2) is 0 Å². The van der Waals surface area contributed by atoms with E-state index in [0.29, 0.717) is 50.4 Å². The molecule has 2 amide bonds. The number of piperidine rings is 1. The summed E-state index contributed by atoms with van der Waals surface area (Å²) in [6.07, 6.45) is 4.05. The molecule has 206 valence electrons. The Kier molecular flexibility index (Phi) is 8.26. The van der Waals surface area contributed by atoms with Crippen LogP contribution < -0.4 is 5.32 Å².